The Balaban J connectivity index is 1.99. The van der Waals surface area contributed by atoms with E-state index in [-0.39, 0.29) is 18.1 Å². The molecule has 2 fully saturated rings. The zero-order valence-corrected chi connectivity index (χ0v) is 9.15. The Kier molecular flexibility index (Phi) is 3.23. The fourth-order valence-electron chi connectivity index (χ4n) is 2.32. The maximum Gasteiger partial charge on any atom is 0.236 e. The second-order valence-electron chi connectivity index (χ2n) is 4.43. The Bertz CT molecular complexity index is 247. The molecule has 0 bridgehead atoms. The fourth-order valence-corrected chi connectivity index (χ4v) is 2.32. The minimum atomic E-state index is -0.332. The van der Waals surface area contributed by atoms with Crippen molar-refractivity contribution in [3.05, 3.63) is 0 Å². The molecule has 2 atom stereocenters. The van der Waals surface area contributed by atoms with Crippen LogP contribution in [0.2, 0.25) is 0 Å². The van der Waals surface area contributed by atoms with Crippen molar-refractivity contribution in [2.24, 2.45) is 0 Å². The molecule has 0 spiro atoms. The Labute approximate surface area is 90.0 Å². The molecule has 0 aliphatic carbocycles. The van der Waals surface area contributed by atoms with E-state index in [0.29, 0.717) is 13.1 Å². The first kappa shape index (κ1) is 10.9. The van der Waals surface area contributed by atoms with Crippen LogP contribution in [0.1, 0.15) is 6.42 Å². The van der Waals surface area contributed by atoms with E-state index in [4.69, 9.17) is 0 Å². The number of rotatable bonds is 1. The molecule has 86 valence electrons. The van der Waals surface area contributed by atoms with Crippen LogP contribution in [0.4, 0.5) is 0 Å². The van der Waals surface area contributed by atoms with Crippen molar-refractivity contribution in [3.8, 4) is 0 Å². The van der Waals surface area contributed by atoms with E-state index in [2.05, 4.69) is 10.2 Å². The Hall–Kier alpha value is -0.650. The van der Waals surface area contributed by atoms with Crippen molar-refractivity contribution in [3.63, 3.8) is 0 Å². The molecule has 0 aromatic rings. The predicted octanol–water partition coefficient (Wildman–Crippen LogP) is -1.52. The van der Waals surface area contributed by atoms with Gasteiger partial charge in [0.1, 0.15) is 0 Å². The van der Waals surface area contributed by atoms with E-state index in [1.165, 1.54) is 0 Å². The molecular formula is C10H19N3O2. The molecule has 2 heterocycles. The van der Waals surface area contributed by atoms with Crippen LogP contribution in [0, 0.1) is 0 Å². The topological polar surface area (TPSA) is 55.8 Å². The molecule has 2 saturated heterocycles. The molecule has 1 amide bonds. The third-order valence-corrected chi connectivity index (χ3v) is 3.32. The standard InChI is InChI=1S/C10H19N3O2/c1-12-3-2-4-13(7-10(12)15)8-5-11-6-9(8)14/h8-9,11,14H,2-7H2,1H3. The van der Waals surface area contributed by atoms with Gasteiger partial charge in [0.2, 0.25) is 5.91 Å². The zero-order chi connectivity index (χ0) is 10.8. The molecule has 2 aliphatic rings. The lowest BCUT2D eigenvalue weighted by Gasteiger charge is -2.28. The first-order chi connectivity index (χ1) is 7.18. The zero-order valence-electron chi connectivity index (χ0n) is 9.15. The summed E-state index contributed by atoms with van der Waals surface area (Å²) >= 11 is 0. The van der Waals surface area contributed by atoms with Crippen molar-refractivity contribution in [2.75, 3.05) is 39.8 Å². The molecule has 0 saturated carbocycles. The maximum absolute atomic E-state index is 11.7. The Morgan fingerprint density at radius 1 is 1.40 bits per heavy atom. The highest BCUT2D eigenvalue weighted by atomic mass is 16.3. The van der Waals surface area contributed by atoms with E-state index in [9.17, 15) is 9.90 Å². The van der Waals surface area contributed by atoms with Crippen molar-refractivity contribution >= 4 is 5.91 Å². The molecule has 5 heteroatoms. The number of nitrogens with zero attached hydrogens (tertiary/aromatic N) is 2. The van der Waals surface area contributed by atoms with E-state index >= 15 is 0 Å². The number of β-amino-alcohol motifs (C(OH)–C–C–N with tert-alkyl or cyclic N) is 1. The van der Waals surface area contributed by atoms with Crippen LogP contribution in [0.5, 0.6) is 0 Å². The fraction of sp³-hybridized carbons (Fsp3) is 0.900. The minimum absolute atomic E-state index is 0.112. The summed E-state index contributed by atoms with van der Waals surface area (Å²) in [5, 5.41) is 12.9. The van der Waals surface area contributed by atoms with Gasteiger partial charge >= 0.3 is 0 Å². The summed E-state index contributed by atoms with van der Waals surface area (Å²) in [5.41, 5.74) is 0. The Morgan fingerprint density at radius 3 is 2.87 bits per heavy atom. The van der Waals surface area contributed by atoms with Gasteiger partial charge in [-0.05, 0) is 6.42 Å². The van der Waals surface area contributed by atoms with E-state index in [0.717, 1.165) is 26.1 Å². The molecule has 5 nitrogen and oxygen atoms in total. The van der Waals surface area contributed by atoms with E-state index < -0.39 is 0 Å². The van der Waals surface area contributed by atoms with Gasteiger partial charge in [0, 0.05) is 39.3 Å². The summed E-state index contributed by atoms with van der Waals surface area (Å²) < 4.78 is 0. The number of carbonyl (C=O) groups excluding carboxylic acids is 1. The molecule has 2 rings (SSSR count). The average Bonchev–Trinajstić information content (AvgIpc) is 2.55. The summed E-state index contributed by atoms with van der Waals surface area (Å²) in [6.45, 7) is 3.61. The molecule has 0 aromatic carbocycles. The smallest absolute Gasteiger partial charge is 0.236 e. The monoisotopic (exact) mass is 213 g/mol. The van der Waals surface area contributed by atoms with Crippen LogP contribution in [0.25, 0.3) is 0 Å². The van der Waals surface area contributed by atoms with Crippen LogP contribution < -0.4 is 5.32 Å². The quantitative estimate of drug-likeness (QED) is 0.556. The van der Waals surface area contributed by atoms with Gasteiger partial charge in [0.05, 0.1) is 12.6 Å². The number of amides is 1. The number of nitrogens with one attached hydrogen (secondary N) is 1. The average molecular weight is 213 g/mol. The lowest BCUT2D eigenvalue weighted by atomic mass is 10.1. The first-order valence-corrected chi connectivity index (χ1v) is 5.55. The third-order valence-electron chi connectivity index (χ3n) is 3.32. The van der Waals surface area contributed by atoms with Crippen LogP contribution in [0.15, 0.2) is 0 Å². The molecule has 15 heavy (non-hydrogen) atoms. The van der Waals surface area contributed by atoms with Crippen molar-refractivity contribution < 1.29 is 9.90 Å². The number of aliphatic hydroxyl groups is 1. The van der Waals surface area contributed by atoms with Crippen LogP contribution >= 0.6 is 0 Å². The van der Waals surface area contributed by atoms with Gasteiger partial charge in [-0.25, -0.2) is 0 Å². The largest absolute Gasteiger partial charge is 0.390 e. The van der Waals surface area contributed by atoms with Crippen LogP contribution in [0.3, 0.4) is 0 Å². The number of aliphatic hydroxyl groups excluding tert-OH is 1. The van der Waals surface area contributed by atoms with Gasteiger partial charge in [-0.1, -0.05) is 0 Å². The van der Waals surface area contributed by atoms with E-state index in [1.807, 2.05) is 7.05 Å². The maximum atomic E-state index is 11.7. The molecule has 2 N–H and O–H groups in total. The lowest BCUT2D eigenvalue weighted by Crippen LogP contribution is -2.46. The van der Waals surface area contributed by atoms with Crippen molar-refractivity contribution in [2.45, 2.75) is 18.6 Å². The SMILES string of the molecule is CN1CCCN(C2CNCC2O)CC1=O. The second kappa shape index (κ2) is 4.47. The highest BCUT2D eigenvalue weighted by Crippen LogP contribution is 2.12. The summed E-state index contributed by atoms with van der Waals surface area (Å²) in [6, 6.07) is 0.112. The Morgan fingerprint density at radius 2 is 2.20 bits per heavy atom. The van der Waals surface area contributed by atoms with Crippen LogP contribution in [-0.4, -0.2) is 72.7 Å². The van der Waals surface area contributed by atoms with E-state index in [1.54, 1.807) is 4.90 Å². The van der Waals surface area contributed by atoms with Crippen LogP contribution in [-0.2, 0) is 4.79 Å². The summed E-state index contributed by atoms with van der Waals surface area (Å²) in [4.78, 5) is 15.6. The number of hydrogen-bond acceptors (Lipinski definition) is 4. The van der Waals surface area contributed by atoms with Crippen molar-refractivity contribution in [1.29, 1.82) is 0 Å². The lowest BCUT2D eigenvalue weighted by molar-refractivity contribution is -0.130. The summed E-state index contributed by atoms with van der Waals surface area (Å²) in [5.74, 6) is 0.159. The van der Waals surface area contributed by atoms with Gasteiger partial charge in [0.15, 0.2) is 0 Å². The normalized spacial score (nSPS) is 34.5. The second-order valence-corrected chi connectivity index (χ2v) is 4.43. The summed E-state index contributed by atoms with van der Waals surface area (Å²) in [7, 11) is 1.84. The van der Waals surface area contributed by atoms with Gasteiger partial charge < -0.3 is 15.3 Å². The minimum Gasteiger partial charge on any atom is -0.390 e. The summed E-state index contributed by atoms with van der Waals surface area (Å²) in [6.07, 6.45) is 0.659. The highest BCUT2D eigenvalue weighted by Gasteiger charge is 2.32. The number of hydrogen-bond donors (Lipinski definition) is 2. The third kappa shape index (κ3) is 2.30. The predicted molar refractivity (Wildman–Crippen MR) is 56.5 cm³/mol. The molecule has 0 aromatic heterocycles. The van der Waals surface area contributed by atoms with Gasteiger partial charge in [-0.2, -0.15) is 0 Å². The molecule has 0 radical (unpaired) electrons. The van der Waals surface area contributed by atoms with Gasteiger partial charge in [-0.3, -0.25) is 9.69 Å². The molecule has 2 aliphatic heterocycles. The highest BCUT2D eigenvalue weighted by molar-refractivity contribution is 5.78. The molecular weight excluding hydrogens is 194 g/mol. The number of likely N-dealkylation sites (N-methyl/N-ethyl adjacent to an activating group) is 1. The number of carbonyl (C=O) groups is 1. The van der Waals surface area contributed by atoms with Gasteiger partial charge in [0.25, 0.3) is 0 Å². The first-order valence-electron chi connectivity index (χ1n) is 5.55. The van der Waals surface area contributed by atoms with Gasteiger partial charge in [-0.15, -0.1) is 0 Å². The molecule has 2 unspecified atom stereocenters. The van der Waals surface area contributed by atoms with Crippen molar-refractivity contribution in [1.82, 2.24) is 15.1 Å².